The summed E-state index contributed by atoms with van der Waals surface area (Å²) in [7, 11) is 0. The van der Waals surface area contributed by atoms with Crippen molar-refractivity contribution in [3.05, 3.63) is 0 Å². The van der Waals surface area contributed by atoms with Crippen LogP contribution in [0.1, 0.15) is 6.92 Å². The lowest BCUT2D eigenvalue weighted by Gasteiger charge is -2.26. The first kappa shape index (κ1) is 12.8. The van der Waals surface area contributed by atoms with Crippen molar-refractivity contribution in [3.63, 3.8) is 0 Å². The molecule has 1 saturated heterocycles. The van der Waals surface area contributed by atoms with Gasteiger partial charge in [0.2, 0.25) is 0 Å². The molecule has 1 aliphatic heterocycles. The molecule has 0 saturated carbocycles. The molecule has 0 bridgehead atoms. The van der Waals surface area contributed by atoms with Crippen molar-refractivity contribution in [2.24, 2.45) is 11.7 Å². The smallest absolute Gasteiger partial charge is 0.0768 e. The molecule has 1 rings (SSSR count). The Hall–Kier alpha value is -0.230. The summed E-state index contributed by atoms with van der Waals surface area (Å²) in [5.74, 6) is 0.282. The van der Waals surface area contributed by atoms with Crippen LogP contribution in [0.15, 0.2) is 0 Å². The molecule has 1 aliphatic rings. The molecule has 1 heterocycles. The number of hydrogen-bond acceptors (Lipinski definition) is 4. The van der Waals surface area contributed by atoms with Gasteiger partial charge in [0.1, 0.15) is 0 Å². The first-order chi connectivity index (χ1) is 7.20. The lowest BCUT2D eigenvalue weighted by molar-refractivity contribution is 0.0384. The van der Waals surface area contributed by atoms with E-state index in [0.29, 0.717) is 4.99 Å². The van der Waals surface area contributed by atoms with E-state index in [4.69, 9.17) is 22.7 Å². The molecule has 5 heteroatoms. The van der Waals surface area contributed by atoms with Crippen LogP contribution < -0.4 is 11.1 Å². The summed E-state index contributed by atoms with van der Waals surface area (Å²) in [6.45, 7) is 8.82. The highest BCUT2D eigenvalue weighted by Gasteiger charge is 2.09. The van der Waals surface area contributed by atoms with Crippen LogP contribution in [0.2, 0.25) is 0 Å². The van der Waals surface area contributed by atoms with Crippen LogP contribution in [0.3, 0.4) is 0 Å². The number of hydrogen-bond donors (Lipinski definition) is 2. The highest BCUT2D eigenvalue weighted by molar-refractivity contribution is 7.80. The minimum Gasteiger partial charge on any atom is -0.393 e. The van der Waals surface area contributed by atoms with Gasteiger partial charge < -0.3 is 15.8 Å². The molecule has 0 aromatic rings. The molecule has 1 fully saturated rings. The fourth-order valence-corrected chi connectivity index (χ4v) is 1.56. The van der Waals surface area contributed by atoms with Gasteiger partial charge in [-0.2, -0.15) is 0 Å². The van der Waals surface area contributed by atoms with E-state index < -0.39 is 0 Å². The maximum Gasteiger partial charge on any atom is 0.0768 e. The van der Waals surface area contributed by atoms with Gasteiger partial charge in [0.15, 0.2) is 0 Å². The van der Waals surface area contributed by atoms with Gasteiger partial charge in [-0.3, -0.25) is 4.90 Å². The van der Waals surface area contributed by atoms with Crippen molar-refractivity contribution in [3.8, 4) is 0 Å². The maximum absolute atomic E-state index is 5.53. The molecule has 15 heavy (non-hydrogen) atoms. The van der Waals surface area contributed by atoms with Crippen molar-refractivity contribution >= 4 is 17.2 Å². The summed E-state index contributed by atoms with van der Waals surface area (Å²) in [6.07, 6.45) is 0. The largest absolute Gasteiger partial charge is 0.393 e. The minimum atomic E-state index is 0.282. The lowest BCUT2D eigenvalue weighted by Crippen LogP contribution is -2.41. The van der Waals surface area contributed by atoms with E-state index in [1.807, 2.05) is 6.92 Å². The molecule has 0 aliphatic carbocycles. The standard InChI is InChI=1S/C10H21N3OS/c1-9(10(11)15)8-12-2-3-13-4-6-14-7-5-13/h9,12H,2-8H2,1H3,(H2,11,15). The second-order valence-electron chi connectivity index (χ2n) is 3.96. The Morgan fingerprint density at radius 3 is 2.80 bits per heavy atom. The van der Waals surface area contributed by atoms with Crippen LogP contribution in [0.5, 0.6) is 0 Å². The van der Waals surface area contributed by atoms with E-state index in [-0.39, 0.29) is 5.92 Å². The molecular weight excluding hydrogens is 210 g/mol. The molecular formula is C10H21N3OS. The Kier molecular flexibility index (Phi) is 6.09. The summed E-state index contributed by atoms with van der Waals surface area (Å²) in [5.41, 5.74) is 5.53. The number of nitrogens with one attached hydrogen (secondary N) is 1. The average molecular weight is 231 g/mol. The summed E-state index contributed by atoms with van der Waals surface area (Å²) < 4.78 is 5.28. The van der Waals surface area contributed by atoms with Gasteiger partial charge in [-0.25, -0.2) is 0 Å². The maximum atomic E-state index is 5.53. The summed E-state index contributed by atoms with van der Waals surface area (Å²) in [4.78, 5) is 3.00. The Bertz CT molecular complexity index is 195. The normalized spacial score (nSPS) is 20.1. The third-order valence-corrected chi connectivity index (χ3v) is 3.05. The van der Waals surface area contributed by atoms with E-state index in [0.717, 1.165) is 45.9 Å². The highest BCUT2D eigenvalue weighted by Crippen LogP contribution is 1.95. The first-order valence-corrected chi connectivity index (χ1v) is 5.91. The SMILES string of the molecule is CC(CNCCN1CCOCC1)C(N)=S. The van der Waals surface area contributed by atoms with Gasteiger partial charge in [0, 0.05) is 38.6 Å². The lowest BCUT2D eigenvalue weighted by atomic mass is 10.2. The van der Waals surface area contributed by atoms with Gasteiger partial charge in [0.05, 0.1) is 18.2 Å². The van der Waals surface area contributed by atoms with Crippen molar-refractivity contribution in [1.82, 2.24) is 10.2 Å². The van der Waals surface area contributed by atoms with Crippen LogP contribution in [-0.2, 0) is 4.74 Å². The molecule has 88 valence electrons. The molecule has 0 amide bonds. The Labute approximate surface area is 97.1 Å². The second kappa shape index (κ2) is 7.11. The summed E-state index contributed by atoms with van der Waals surface area (Å²) in [5, 5.41) is 3.36. The van der Waals surface area contributed by atoms with E-state index in [2.05, 4.69) is 10.2 Å². The van der Waals surface area contributed by atoms with Crippen molar-refractivity contribution in [2.75, 3.05) is 45.9 Å². The van der Waals surface area contributed by atoms with Gasteiger partial charge in [-0.05, 0) is 0 Å². The molecule has 0 aromatic heterocycles. The van der Waals surface area contributed by atoms with E-state index in [9.17, 15) is 0 Å². The Morgan fingerprint density at radius 2 is 2.20 bits per heavy atom. The van der Waals surface area contributed by atoms with Gasteiger partial charge in [-0.1, -0.05) is 19.1 Å². The van der Waals surface area contributed by atoms with E-state index >= 15 is 0 Å². The number of ether oxygens (including phenoxy) is 1. The number of nitrogens with zero attached hydrogens (tertiary/aromatic N) is 1. The molecule has 0 radical (unpaired) electrons. The van der Waals surface area contributed by atoms with Crippen LogP contribution in [0, 0.1) is 5.92 Å². The van der Waals surface area contributed by atoms with Crippen molar-refractivity contribution < 1.29 is 4.74 Å². The fraction of sp³-hybridized carbons (Fsp3) is 0.900. The fourth-order valence-electron chi connectivity index (χ4n) is 1.48. The topological polar surface area (TPSA) is 50.5 Å². The summed E-state index contributed by atoms with van der Waals surface area (Å²) >= 11 is 4.90. The molecule has 0 aromatic carbocycles. The minimum absolute atomic E-state index is 0.282. The second-order valence-corrected chi connectivity index (χ2v) is 4.43. The first-order valence-electron chi connectivity index (χ1n) is 5.50. The van der Waals surface area contributed by atoms with E-state index in [1.165, 1.54) is 0 Å². The van der Waals surface area contributed by atoms with Crippen molar-refractivity contribution in [1.29, 1.82) is 0 Å². The molecule has 0 spiro atoms. The average Bonchev–Trinajstić information content (AvgIpc) is 2.25. The van der Waals surface area contributed by atoms with Crippen LogP contribution in [0.25, 0.3) is 0 Å². The third kappa shape index (κ3) is 5.41. The third-order valence-electron chi connectivity index (χ3n) is 2.64. The predicted molar refractivity (Wildman–Crippen MR) is 66.1 cm³/mol. The molecule has 3 N–H and O–H groups in total. The van der Waals surface area contributed by atoms with Crippen molar-refractivity contribution in [2.45, 2.75) is 6.92 Å². The van der Waals surface area contributed by atoms with Crippen LogP contribution in [0.4, 0.5) is 0 Å². The highest BCUT2D eigenvalue weighted by atomic mass is 32.1. The number of morpholine rings is 1. The van der Waals surface area contributed by atoms with Crippen LogP contribution in [-0.4, -0.2) is 55.8 Å². The Morgan fingerprint density at radius 1 is 1.53 bits per heavy atom. The zero-order valence-electron chi connectivity index (χ0n) is 9.37. The molecule has 1 atom stereocenters. The Balaban J connectivity index is 1.98. The monoisotopic (exact) mass is 231 g/mol. The van der Waals surface area contributed by atoms with Gasteiger partial charge in [-0.15, -0.1) is 0 Å². The quantitative estimate of drug-likeness (QED) is 0.491. The summed E-state index contributed by atoms with van der Waals surface area (Å²) in [6, 6.07) is 0. The van der Waals surface area contributed by atoms with Gasteiger partial charge in [0.25, 0.3) is 0 Å². The predicted octanol–water partition coefficient (Wildman–Crippen LogP) is -0.170. The number of nitrogens with two attached hydrogens (primary N) is 1. The van der Waals surface area contributed by atoms with Crippen LogP contribution >= 0.6 is 12.2 Å². The molecule has 4 nitrogen and oxygen atoms in total. The number of thiocarbonyl (C=S) groups is 1. The number of rotatable bonds is 6. The molecule has 1 unspecified atom stereocenters. The van der Waals surface area contributed by atoms with E-state index in [1.54, 1.807) is 0 Å². The van der Waals surface area contributed by atoms with Gasteiger partial charge >= 0.3 is 0 Å². The zero-order chi connectivity index (χ0) is 11.1. The zero-order valence-corrected chi connectivity index (χ0v) is 10.2.